The number of nitrogens with one attached hydrogen (secondary N) is 1. The highest BCUT2D eigenvalue weighted by atomic mass is 35.5. The average molecular weight is 321 g/mol. The number of amides is 1. The summed E-state index contributed by atoms with van der Waals surface area (Å²) in [6.07, 6.45) is 2.85. The van der Waals surface area contributed by atoms with E-state index in [0.717, 1.165) is 30.8 Å². The Kier molecular flexibility index (Phi) is 4.07. The number of halogens is 1. The van der Waals surface area contributed by atoms with Crippen LogP contribution < -0.4 is 5.56 Å². The fourth-order valence-corrected chi connectivity index (χ4v) is 3.11. The van der Waals surface area contributed by atoms with E-state index in [0.29, 0.717) is 12.1 Å². The maximum Gasteiger partial charge on any atom is 0.254 e. The smallest absolute Gasteiger partial charge is 0.254 e. The molecule has 0 aromatic carbocycles. The number of furan rings is 1. The molecule has 3 rings (SSSR count). The van der Waals surface area contributed by atoms with Crippen LogP contribution in [0.15, 0.2) is 33.5 Å². The lowest BCUT2D eigenvalue weighted by Crippen LogP contribution is -2.38. The molecule has 0 spiro atoms. The Balaban J connectivity index is 1.93. The highest BCUT2D eigenvalue weighted by molar-refractivity contribution is 6.29. The molecule has 22 heavy (non-hydrogen) atoms. The van der Waals surface area contributed by atoms with E-state index in [4.69, 9.17) is 16.0 Å². The lowest BCUT2D eigenvalue weighted by Gasteiger charge is -2.34. The second kappa shape index (κ2) is 6.01. The maximum atomic E-state index is 12.8. The van der Waals surface area contributed by atoms with Gasteiger partial charge in [0.25, 0.3) is 5.91 Å². The number of carbonyl (C=O) groups is 1. The number of pyridine rings is 1. The Bertz CT molecular complexity index is 750. The molecular weight excluding hydrogens is 304 g/mol. The van der Waals surface area contributed by atoms with Crippen molar-refractivity contribution in [3.8, 4) is 0 Å². The third-order valence-corrected chi connectivity index (χ3v) is 4.12. The fourth-order valence-electron chi connectivity index (χ4n) is 2.90. The standard InChI is InChI=1S/C16H17ClN2O3/c1-10-5-6-13(22-10)12-4-2-3-7-19(12)16(21)11-8-14(17)18-15(20)9-11/h5-6,8-9,12H,2-4,7H2,1H3,(H,18,20). The molecule has 0 saturated carbocycles. The molecule has 1 aliphatic heterocycles. The third kappa shape index (κ3) is 2.95. The molecule has 0 aliphatic carbocycles. The minimum Gasteiger partial charge on any atom is -0.464 e. The van der Waals surface area contributed by atoms with Crippen LogP contribution in [0.5, 0.6) is 0 Å². The summed E-state index contributed by atoms with van der Waals surface area (Å²) in [6, 6.07) is 6.50. The van der Waals surface area contributed by atoms with Crippen LogP contribution in [0, 0.1) is 6.92 Å². The van der Waals surface area contributed by atoms with Crippen LogP contribution in [0.2, 0.25) is 5.15 Å². The van der Waals surface area contributed by atoms with Crippen molar-refractivity contribution in [2.75, 3.05) is 6.54 Å². The van der Waals surface area contributed by atoms with Gasteiger partial charge in [-0.15, -0.1) is 0 Å². The quantitative estimate of drug-likeness (QED) is 0.863. The zero-order valence-corrected chi connectivity index (χ0v) is 13.0. The zero-order chi connectivity index (χ0) is 15.7. The van der Waals surface area contributed by atoms with E-state index in [-0.39, 0.29) is 22.7 Å². The number of aromatic nitrogens is 1. The molecule has 3 heterocycles. The van der Waals surface area contributed by atoms with E-state index in [1.807, 2.05) is 19.1 Å². The normalized spacial score (nSPS) is 18.5. The van der Waals surface area contributed by atoms with Crippen molar-refractivity contribution in [2.45, 2.75) is 32.2 Å². The van der Waals surface area contributed by atoms with Crippen LogP contribution in [-0.4, -0.2) is 22.3 Å². The molecule has 0 radical (unpaired) electrons. The zero-order valence-electron chi connectivity index (χ0n) is 12.3. The molecule has 0 bridgehead atoms. The monoisotopic (exact) mass is 320 g/mol. The van der Waals surface area contributed by atoms with Gasteiger partial charge in [0, 0.05) is 18.2 Å². The van der Waals surface area contributed by atoms with Crippen molar-refractivity contribution in [2.24, 2.45) is 0 Å². The largest absolute Gasteiger partial charge is 0.464 e. The molecular formula is C16H17ClN2O3. The molecule has 1 N–H and O–H groups in total. The Morgan fingerprint density at radius 1 is 1.36 bits per heavy atom. The SMILES string of the molecule is Cc1ccc(C2CCCCN2C(=O)c2cc(Cl)[nH]c(=O)c2)o1. The molecule has 116 valence electrons. The van der Waals surface area contributed by atoms with Gasteiger partial charge in [-0.25, -0.2) is 0 Å². The summed E-state index contributed by atoms with van der Waals surface area (Å²) < 4.78 is 5.70. The fraction of sp³-hybridized carbons (Fsp3) is 0.375. The number of hydrogen-bond donors (Lipinski definition) is 1. The van der Waals surface area contributed by atoms with Gasteiger partial charge >= 0.3 is 0 Å². The lowest BCUT2D eigenvalue weighted by molar-refractivity contribution is 0.0579. The van der Waals surface area contributed by atoms with Crippen molar-refractivity contribution in [3.05, 3.63) is 56.9 Å². The molecule has 1 fully saturated rings. The van der Waals surface area contributed by atoms with Gasteiger partial charge in [0.05, 0.1) is 6.04 Å². The Labute approximate surface area is 132 Å². The highest BCUT2D eigenvalue weighted by Crippen LogP contribution is 2.33. The number of piperidine rings is 1. The summed E-state index contributed by atoms with van der Waals surface area (Å²) in [7, 11) is 0. The average Bonchev–Trinajstić information content (AvgIpc) is 2.92. The van der Waals surface area contributed by atoms with Gasteiger partial charge < -0.3 is 14.3 Å². The summed E-state index contributed by atoms with van der Waals surface area (Å²) in [5, 5.41) is 0.165. The minimum absolute atomic E-state index is 0.0898. The second-order valence-corrected chi connectivity index (χ2v) is 5.95. The van der Waals surface area contributed by atoms with Crippen LogP contribution in [0.25, 0.3) is 0 Å². The van der Waals surface area contributed by atoms with E-state index in [2.05, 4.69) is 4.98 Å². The lowest BCUT2D eigenvalue weighted by atomic mass is 9.99. The highest BCUT2D eigenvalue weighted by Gasteiger charge is 2.30. The first-order valence-electron chi connectivity index (χ1n) is 7.32. The predicted molar refractivity (Wildman–Crippen MR) is 83.1 cm³/mol. The van der Waals surface area contributed by atoms with Gasteiger partial charge in [0.15, 0.2) is 0 Å². The first-order valence-corrected chi connectivity index (χ1v) is 7.69. The van der Waals surface area contributed by atoms with Gasteiger partial charge in [0.2, 0.25) is 5.56 Å². The van der Waals surface area contributed by atoms with Crippen molar-refractivity contribution < 1.29 is 9.21 Å². The number of likely N-dealkylation sites (tertiary alicyclic amines) is 1. The molecule has 1 unspecified atom stereocenters. The number of H-pyrrole nitrogens is 1. The van der Waals surface area contributed by atoms with Crippen LogP contribution in [0.4, 0.5) is 0 Å². The van der Waals surface area contributed by atoms with Crippen molar-refractivity contribution in [1.29, 1.82) is 0 Å². The second-order valence-electron chi connectivity index (χ2n) is 5.54. The van der Waals surface area contributed by atoms with Crippen molar-refractivity contribution in [3.63, 3.8) is 0 Å². The number of nitrogens with zero attached hydrogens (tertiary/aromatic N) is 1. The van der Waals surface area contributed by atoms with E-state index in [9.17, 15) is 9.59 Å². The molecule has 2 aromatic rings. The molecule has 2 aromatic heterocycles. The summed E-state index contributed by atoms with van der Waals surface area (Å²) in [4.78, 5) is 28.5. The van der Waals surface area contributed by atoms with E-state index >= 15 is 0 Å². The number of hydrogen-bond acceptors (Lipinski definition) is 3. The predicted octanol–water partition coefficient (Wildman–Crippen LogP) is 3.30. The summed E-state index contributed by atoms with van der Waals surface area (Å²) in [5.74, 6) is 1.43. The topological polar surface area (TPSA) is 66.3 Å². The Hall–Kier alpha value is -2.01. The molecule has 5 nitrogen and oxygen atoms in total. The molecule has 6 heteroatoms. The molecule has 1 aliphatic rings. The van der Waals surface area contributed by atoms with Gasteiger partial charge in [-0.2, -0.15) is 0 Å². The van der Waals surface area contributed by atoms with Gasteiger partial charge in [-0.1, -0.05) is 11.6 Å². The van der Waals surface area contributed by atoms with E-state index < -0.39 is 0 Å². The summed E-state index contributed by atoms with van der Waals surface area (Å²) in [6.45, 7) is 2.53. The van der Waals surface area contributed by atoms with Gasteiger partial charge in [-0.3, -0.25) is 9.59 Å². The summed E-state index contributed by atoms with van der Waals surface area (Å²) >= 11 is 5.85. The number of aromatic amines is 1. The van der Waals surface area contributed by atoms with Gasteiger partial charge in [0.1, 0.15) is 16.7 Å². The van der Waals surface area contributed by atoms with E-state index in [1.54, 1.807) is 4.90 Å². The molecule has 1 saturated heterocycles. The number of aryl methyl sites for hydroxylation is 1. The van der Waals surface area contributed by atoms with Crippen LogP contribution in [0.3, 0.4) is 0 Å². The summed E-state index contributed by atoms with van der Waals surface area (Å²) in [5.41, 5.74) is -0.0674. The van der Waals surface area contributed by atoms with Crippen molar-refractivity contribution >= 4 is 17.5 Å². The first kappa shape index (κ1) is 14.9. The Morgan fingerprint density at radius 3 is 2.86 bits per heavy atom. The van der Waals surface area contributed by atoms with E-state index in [1.165, 1.54) is 12.1 Å². The number of carbonyl (C=O) groups excluding carboxylic acids is 1. The maximum absolute atomic E-state index is 12.8. The third-order valence-electron chi connectivity index (χ3n) is 3.91. The van der Waals surface area contributed by atoms with Crippen LogP contribution >= 0.6 is 11.6 Å². The van der Waals surface area contributed by atoms with Crippen LogP contribution in [-0.2, 0) is 0 Å². The molecule has 1 amide bonds. The molecule has 1 atom stereocenters. The number of rotatable bonds is 2. The Morgan fingerprint density at radius 2 is 2.18 bits per heavy atom. The van der Waals surface area contributed by atoms with Crippen LogP contribution in [0.1, 0.15) is 47.2 Å². The van der Waals surface area contributed by atoms with Crippen molar-refractivity contribution in [1.82, 2.24) is 9.88 Å². The minimum atomic E-state index is -0.377. The first-order chi connectivity index (χ1) is 10.5. The van der Waals surface area contributed by atoms with Gasteiger partial charge in [-0.05, 0) is 44.4 Å².